The third-order valence-electron chi connectivity index (χ3n) is 2.19. The Balaban J connectivity index is 2.09. The van der Waals surface area contributed by atoms with Gasteiger partial charge in [0.15, 0.2) is 0 Å². The first-order chi connectivity index (χ1) is 5.09. The fourth-order valence-corrected chi connectivity index (χ4v) is 1.39. The standard InChI is InChI=1S/C8H18N2O/c1-7(11)4-10-5-8(6-10)9(2)3/h7-8,11H,4-6H2,1-3H3. The van der Waals surface area contributed by atoms with E-state index in [0.29, 0.717) is 6.04 Å². The molecule has 66 valence electrons. The lowest BCUT2D eigenvalue weighted by Gasteiger charge is -2.43. The normalized spacial score (nSPS) is 23.7. The summed E-state index contributed by atoms with van der Waals surface area (Å²) >= 11 is 0. The zero-order valence-corrected chi connectivity index (χ0v) is 7.62. The SMILES string of the molecule is CC(O)CN1CC(N(C)C)C1. The summed E-state index contributed by atoms with van der Waals surface area (Å²) in [5, 5.41) is 9.06. The van der Waals surface area contributed by atoms with Gasteiger partial charge in [0.2, 0.25) is 0 Å². The van der Waals surface area contributed by atoms with Crippen LogP contribution in [0.2, 0.25) is 0 Å². The molecule has 0 amide bonds. The van der Waals surface area contributed by atoms with Gasteiger partial charge in [-0.25, -0.2) is 0 Å². The summed E-state index contributed by atoms with van der Waals surface area (Å²) in [5.74, 6) is 0. The number of likely N-dealkylation sites (N-methyl/N-ethyl adjacent to an activating group) is 1. The average molecular weight is 158 g/mol. The molecule has 0 spiro atoms. The fourth-order valence-electron chi connectivity index (χ4n) is 1.39. The highest BCUT2D eigenvalue weighted by atomic mass is 16.3. The van der Waals surface area contributed by atoms with Crippen LogP contribution in [0.5, 0.6) is 0 Å². The van der Waals surface area contributed by atoms with Crippen LogP contribution in [0.4, 0.5) is 0 Å². The minimum Gasteiger partial charge on any atom is -0.392 e. The van der Waals surface area contributed by atoms with Gasteiger partial charge < -0.3 is 10.0 Å². The van der Waals surface area contributed by atoms with Crippen LogP contribution >= 0.6 is 0 Å². The molecule has 11 heavy (non-hydrogen) atoms. The second kappa shape index (κ2) is 3.52. The van der Waals surface area contributed by atoms with E-state index in [-0.39, 0.29) is 6.10 Å². The molecule has 1 rings (SSSR count). The second-order valence-electron chi connectivity index (χ2n) is 3.68. The molecule has 0 saturated carbocycles. The molecular formula is C8H18N2O. The van der Waals surface area contributed by atoms with Gasteiger partial charge in [-0.05, 0) is 21.0 Å². The molecule has 1 fully saturated rings. The zero-order valence-electron chi connectivity index (χ0n) is 7.62. The number of likely N-dealkylation sites (tertiary alicyclic amines) is 1. The van der Waals surface area contributed by atoms with Crippen LogP contribution in [0.25, 0.3) is 0 Å². The number of aliphatic hydroxyl groups is 1. The molecule has 0 aliphatic carbocycles. The van der Waals surface area contributed by atoms with Crippen molar-refractivity contribution >= 4 is 0 Å². The van der Waals surface area contributed by atoms with Crippen molar-refractivity contribution in [3.8, 4) is 0 Å². The van der Waals surface area contributed by atoms with Crippen LogP contribution in [0.1, 0.15) is 6.92 Å². The molecular weight excluding hydrogens is 140 g/mol. The summed E-state index contributed by atoms with van der Waals surface area (Å²) in [7, 11) is 4.20. The van der Waals surface area contributed by atoms with Crippen molar-refractivity contribution in [3.63, 3.8) is 0 Å². The molecule has 1 saturated heterocycles. The topological polar surface area (TPSA) is 26.7 Å². The first-order valence-electron chi connectivity index (χ1n) is 4.16. The smallest absolute Gasteiger partial charge is 0.0639 e. The maximum Gasteiger partial charge on any atom is 0.0639 e. The molecule has 1 atom stereocenters. The van der Waals surface area contributed by atoms with E-state index in [1.165, 1.54) is 0 Å². The van der Waals surface area contributed by atoms with Crippen molar-refractivity contribution in [1.29, 1.82) is 0 Å². The van der Waals surface area contributed by atoms with Gasteiger partial charge in [-0.1, -0.05) is 0 Å². The number of β-amino-alcohol motifs (C(OH)–C–C–N with tert-alkyl or cyclic N) is 1. The molecule has 3 nitrogen and oxygen atoms in total. The predicted molar refractivity (Wildman–Crippen MR) is 45.6 cm³/mol. The highest BCUT2D eigenvalue weighted by molar-refractivity contribution is 4.85. The van der Waals surface area contributed by atoms with E-state index in [1.54, 1.807) is 0 Å². The highest BCUT2D eigenvalue weighted by Crippen LogP contribution is 2.11. The molecule has 0 bridgehead atoms. The Morgan fingerprint density at radius 1 is 1.55 bits per heavy atom. The first-order valence-corrected chi connectivity index (χ1v) is 4.16. The van der Waals surface area contributed by atoms with Crippen molar-refractivity contribution in [2.24, 2.45) is 0 Å². The highest BCUT2D eigenvalue weighted by Gasteiger charge is 2.28. The molecule has 1 unspecified atom stereocenters. The molecule has 1 N–H and O–H groups in total. The maximum absolute atomic E-state index is 9.06. The summed E-state index contributed by atoms with van der Waals surface area (Å²) in [6.45, 7) is 4.88. The van der Waals surface area contributed by atoms with E-state index >= 15 is 0 Å². The summed E-state index contributed by atoms with van der Waals surface area (Å²) in [6.07, 6.45) is -0.182. The van der Waals surface area contributed by atoms with Gasteiger partial charge in [-0.3, -0.25) is 4.90 Å². The quantitative estimate of drug-likeness (QED) is 0.606. The van der Waals surface area contributed by atoms with Crippen molar-refractivity contribution in [2.75, 3.05) is 33.7 Å². The van der Waals surface area contributed by atoms with Gasteiger partial charge in [-0.2, -0.15) is 0 Å². The van der Waals surface area contributed by atoms with Crippen LogP contribution < -0.4 is 0 Å². The van der Waals surface area contributed by atoms with E-state index in [2.05, 4.69) is 23.9 Å². The van der Waals surface area contributed by atoms with Gasteiger partial charge in [0.25, 0.3) is 0 Å². The number of rotatable bonds is 3. The van der Waals surface area contributed by atoms with E-state index in [4.69, 9.17) is 5.11 Å². The van der Waals surface area contributed by atoms with Crippen molar-refractivity contribution < 1.29 is 5.11 Å². The lowest BCUT2D eigenvalue weighted by atomic mass is 10.1. The Kier molecular flexibility index (Phi) is 2.87. The molecule has 3 heteroatoms. The number of aliphatic hydroxyl groups excluding tert-OH is 1. The Bertz CT molecular complexity index is 119. The summed E-state index contributed by atoms with van der Waals surface area (Å²) in [4.78, 5) is 4.51. The summed E-state index contributed by atoms with van der Waals surface area (Å²) in [6, 6.07) is 0.703. The Morgan fingerprint density at radius 2 is 2.09 bits per heavy atom. The summed E-state index contributed by atoms with van der Waals surface area (Å²) in [5.41, 5.74) is 0. The van der Waals surface area contributed by atoms with E-state index in [1.807, 2.05) is 6.92 Å². The molecule has 0 aromatic carbocycles. The molecule has 0 radical (unpaired) electrons. The molecule has 1 heterocycles. The van der Waals surface area contributed by atoms with Crippen LogP contribution in [0.15, 0.2) is 0 Å². The Labute approximate surface area is 68.6 Å². The fraction of sp³-hybridized carbons (Fsp3) is 1.00. The lowest BCUT2D eigenvalue weighted by Crippen LogP contribution is -2.58. The zero-order chi connectivity index (χ0) is 8.43. The average Bonchev–Trinajstić information content (AvgIpc) is 1.75. The van der Waals surface area contributed by atoms with Gasteiger partial charge in [0.05, 0.1) is 6.10 Å². The molecule has 1 aliphatic rings. The molecule has 1 aliphatic heterocycles. The third-order valence-corrected chi connectivity index (χ3v) is 2.19. The lowest BCUT2D eigenvalue weighted by molar-refractivity contribution is 0.0275. The van der Waals surface area contributed by atoms with E-state index in [0.717, 1.165) is 19.6 Å². The van der Waals surface area contributed by atoms with E-state index in [9.17, 15) is 0 Å². The second-order valence-corrected chi connectivity index (χ2v) is 3.68. The Morgan fingerprint density at radius 3 is 2.45 bits per heavy atom. The minimum atomic E-state index is -0.182. The largest absolute Gasteiger partial charge is 0.392 e. The molecule has 0 aromatic rings. The number of nitrogens with zero attached hydrogens (tertiary/aromatic N) is 2. The van der Waals surface area contributed by atoms with Gasteiger partial charge in [0, 0.05) is 25.7 Å². The van der Waals surface area contributed by atoms with Gasteiger partial charge in [-0.15, -0.1) is 0 Å². The van der Waals surface area contributed by atoms with Gasteiger partial charge >= 0.3 is 0 Å². The van der Waals surface area contributed by atoms with Crippen LogP contribution in [0.3, 0.4) is 0 Å². The summed E-state index contributed by atoms with van der Waals surface area (Å²) < 4.78 is 0. The van der Waals surface area contributed by atoms with Crippen molar-refractivity contribution in [2.45, 2.75) is 19.1 Å². The van der Waals surface area contributed by atoms with Crippen molar-refractivity contribution in [3.05, 3.63) is 0 Å². The number of hydrogen-bond donors (Lipinski definition) is 1. The van der Waals surface area contributed by atoms with E-state index < -0.39 is 0 Å². The monoisotopic (exact) mass is 158 g/mol. The minimum absolute atomic E-state index is 0.182. The Hall–Kier alpha value is -0.120. The van der Waals surface area contributed by atoms with Crippen LogP contribution in [0, 0.1) is 0 Å². The third kappa shape index (κ3) is 2.43. The van der Waals surface area contributed by atoms with Gasteiger partial charge in [0.1, 0.15) is 0 Å². The van der Waals surface area contributed by atoms with Crippen LogP contribution in [-0.2, 0) is 0 Å². The first kappa shape index (κ1) is 8.97. The maximum atomic E-state index is 9.06. The number of hydrogen-bond acceptors (Lipinski definition) is 3. The predicted octanol–water partition coefficient (Wildman–Crippen LogP) is -0.387. The van der Waals surface area contributed by atoms with Crippen molar-refractivity contribution in [1.82, 2.24) is 9.80 Å². The molecule has 0 aromatic heterocycles. The van der Waals surface area contributed by atoms with Crippen LogP contribution in [-0.4, -0.2) is 60.8 Å².